The Kier molecular flexibility index (Phi) is 6.02. The summed E-state index contributed by atoms with van der Waals surface area (Å²) in [5, 5.41) is 18.1. The van der Waals surface area contributed by atoms with Crippen LogP contribution in [0.5, 0.6) is 0 Å². The van der Waals surface area contributed by atoms with Crippen molar-refractivity contribution < 1.29 is 28.8 Å². The summed E-state index contributed by atoms with van der Waals surface area (Å²) in [5.74, 6) is -3.51. The topological polar surface area (TPSA) is 123 Å². The van der Waals surface area contributed by atoms with Gasteiger partial charge in [0.15, 0.2) is 11.9 Å². The summed E-state index contributed by atoms with van der Waals surface area (Å²) in [7, 11) is 0. The van der Waals surface area contributed by atoms with Gasteiger partial charge in [0, 0.05) is 12.3 Å². The van der Waals surface area contributed by atoms with Crippen LogP contribution in [0.15, 0.2) is 21.9 Å². The maximum atomic E-state index is 15.2. The van der Waals surface area contributed by atoms with Gasteiger partial charge in [0.25, 0.3) is 5.56 Å². The van der Waals surface area contributed by atoms with Gasteiger partial charge in [-0.05, 0) is 6.92 Å². The Bertz CT molecular complexity index is 678. The van der Waals surface area contributed by atoms with Gasteiger partial charge < -0.3 is 24.4 Å². The summed E-state index contributed by atoms with van der Waals surface area (Å²) in [4.78, 5) is 25.0. The van der Waals surface area contributed by atoms with Gasteiger partial charge >= 0.3 is 5.69 Å². The molecule has 1 aliphatic heterocycles. The zero-order valence-electron chi connectivity index (χ0n) is 12.3. The second kappa shape index (κ2) is 7.48. The van der Waals surface area contributed by atoms with E-state index in [1.165, 1.54) is 0 Å². The van der Waals surface area contributed by atoms with Crippen LogP contribution in [0.3, 0.4) is 0 Å². The van der Waals surface area contributed by atoms with Crippen LogP contribution in [-0.2, 0) is 14.2 Å². The summed E-state index contributed by atoms with van der Waals surface area (Å²) < 4.78 is 31.1. The normalized spacial score (nSPS) is 32.7. The van der Waals surface area contributed by atoms with E-state index >= 15 is 4.39 Å². The molecule has 0 radical (unpaired) electrons. The molecule has 0 aliphatic carbocycles. The van der Waals surface area contributed by atoms with Crippen molar-refractivity contribution in [1.29, 1.82) is 0 Å². The van der Waals surface area contributed by atoms with Crippen LogP contribution >= 0.6 is 23.2 Å². The lowest BCUT2D eigenvalue weighted by Gasteiger charge is -2.28. The van der Waals surface area contributed by atoms with Crippen LogP contribution in [0.25, 0.3) is 0 Å². The predicted octanol–water partition coefficient (Wildman–Crippen LogP) is -0.407. The molecule has 1 aromatic rings. The van der Waals surface area contributed by atoms with Crippen LogP contribution in [0, 0.1) is 0 Å². The average Bonchev–Trinajstić information content (AvgIpc) is 2.68. The Hall–Kier alpha value is -1.01. The number of nitrogens with one attached hydrogen (secondary N) is 1. The maximum Gasteiger partial charge on any atom is 0.330 e. The van der Waals surface area contributed by atoms with Crippen molar-refractivity contribution in [2.24, 2.45) is 0 Å². The van der Waals surface area contributed by atoms with Crippen LogP contribution in [0.2, 0.25) is 0 Å². The lowest BCUT2D eigenvalue weighted by molar-refractivity contribution is -0.151. The Morgan fingerprint density at radius 2 is 2.12 bits per heavy atom. The van der Waals surface area contributed by atoms with Gasteiger partial charge in [-0.15, -0.1) is 0 Å². The number of aromatic nitrogens is 2. The van der Waals surface area contributed by atoms with Crippen molar-refractivity contribution in [2.45, 2.75) is 42.5 Å². The number of rotatable bonds is 6. The van der Waals surface area contributed by atoms with E-state index in [4.69, 9.17) is 42.5 Å². The molecule has 2 heterocycles. The van der Waals surface area contributed by atoms with E-state index in [0.29, 0.717) is 0 Å². The number of ether oxygens (including phenoxy) is 3. The number of aliphatic hydroxyl groups excluding tert-OH is 2. The highest BCUT2D eigenvalue weighted by molar-refractivity contribution is 6.18. The molecule has 1 aromatic heterocycles. The predicted molar refractivity (Wildman–Crippen MR) is 79.3 cm³/mol. The molecule has 0 saturated carbocycles. The number of nitrogens with zero attached hydrogens (tertiary/aromatic N) is 1. The molecular formula is C12H15Cl2FN2O7. The summed E-state index contributed by atoms with van der Waals surface area (Å²) in [6, 6.07) is 1.01. The lowest BCUT2D eigenvalue weighted by Crippen LogP contribution is -2.46. The molecule has 12 heteroatoms. The minimum absolute atomic E-state index is 0.410. The molecule has 0 bridgehead atoms. The minimum Gasteiger partial charge on any atom is -0.356 e. The average molecular weight is 389 g/mol. The Morgan fingerprint density at radius 1 is 1.46 bits per heavy atom. The molecule has 1 saturated heterocycles. The van der Waals surface area contributed by atoms with Crippen molar-refractivity contribution in [3.05, 3.63) is 33.1 Å². The first-order chi connectivity index (χ1) is 11.1. The second-order valence-corrected chi connectivity index (χ2v) is 5.92. The fraction of sp³-hybridized carbons (Fsp3) is 0.667. The fourth-order valence-electron chi connectivity index (χ4n) is 2.47. The molecule has 3 N–H and O–H groups in total. The van der Waals surface area contributed by atoms with E-state index in [2.05, 4.69) is 0 Å². The molecule has 0 spiro atoms. The monoisotopic (exact) mass is 388 g/mol. The minimum atomic E-state index is -2.34. The number of hydrogen-bond acceptors (Lipinski definition) is 7. The van der Waals surface area contributed by atoms with Crippen LogP contribution in [0.4, 0.5) is 4.39 Å². The molecule has 0 aromatic carbocycles. The van der Waals surface area contributed by atoms with Gasteiger partial charge in [-0.1, -0.05) is 23.2 Å². The van der Waals surface area contributed by atoms with E-state index < -0.39 is 53.5 Å². The summed E-state index contributed by atoms with van der Waals surface area (Å²) in [6.45, 7) is 0.656. The van der Waals surface area contributed by atoms with Gasteiger partial charge in [0.1, 0.15) is 12.2 Å². The Labute approximate surface area is 144 Å². The molecule has 1 fully saturated rings. The largest absolute Gasteiger partial charge is 0.356 e. The van der Waals surface area contributed by atoms with E-state index in [0.717, 1.165) is 23.8 Å². The molecule has 0 amide bonds. The molecule has 136 valence electrons. The van der Waals surface area contributed by atoms with Gasteiger partial charge in [-0.3, -0.25) is 14.3 Å². The quantitative estimate of drug-likeness (QED) is 0.447. The highest BCUT2D eigenvalue weighted by Gasteiger charge is 2.57. The van der Waals surface area contributed by atoms with Crippen molar-refractivity contribution in [2.75, 3.05) is 6.61 Å². The third-order valence-electron chi connectivity index (χ3n) is 3.44. The first-order valence-electron chi connectivity index (χ1n) is 6.70. The lowest BCUT2D eigenvalue weighted by atomic mass is 9.98. The van der Waals surface area contributed by atoms with Gasteiger partial charge in [0.05, 0.1) is 6.61 Å². The third-order valence-corrected chi connectivity index (χ3v) is 3.67. The molecule has 2 unspecified atom stereocenters. The number of aliphatic hydroxyl groups is 2. The Morgan fingerprint density at radius 3 is 2.67 bits per heavy atom. The SMILES string of the molecule is C[C@@]1(F)[C@H](OC(O)Cl)[C@@H](COC(O)Cl)O[C@H]1n1ccc(=O)[nH]c1=O. The van der Waals surface area contributed by atoms with Crippen molar-refractivity contribution in [3.8, 4) is 0 Å². The summed E-state index contributed by atoms with van der Waals surface area (Å²) in [5.41, 5.74) is -3.91. The smallest absolute Gasteiger partial charge is 0.330 e. The van der Waals surface area contributed by atoms with Crippen molar-refractivity contribution >= 4 is 23.2 Å². The van der Waals surface area contributed by atoms with E-state index in [-0.39, 0.29) is 0 Å². The van der Waals surface area contributed by atoms with Crippen LogP contribution < -0.4 is 11.2 Å². The first-order valence-corrected chi connectivity index (χ1v) is 7.57. The highest BCUT2D eigenvalue weighted by atomic mass is 35.5. The van der Waals surface area contributed by atoms with Crippen molar-refractivity contribution in [1.82, 2.24) is 9.55 Å². The number of hydrogen-bond donors (Lipinski definition) is 3. The van der Waals surface area contributed by atoms with Crippen LogP contribution in [-0.4, -0.2) is 55.7 Å². The molecular weight excluding hydrogens is 374 g/mol. The van der Waals surface area contributed by atoms with E-state index in [9.17, 15) is 14.7 Å². The summed E-state index contributed by atoms with van der Waals surface area (Å²) >= 11 is 10.6. The summed E-state index contributed by atoms with van der Waals surface area (Å²) in [6.07, 6.45) is -3.07. The highest BCUT2D eigenvalue weighted by Crippen LogP contribution is 2.43. The van der Waals surface area contributed by atoms with Crippen molar-refractivity contribution in [3.63, 3.8) is 0 Å². The molecule has 1 aliphatic rings. The zero-order chi connectivity index (χ0) is 18.1. The van der Waals surface area contributed by atoms with Crippen LogP contribution in [0.1, 0.15) is 13.2 Å². The third kappa shape index (κ3) is 4.14. The number of aromatic amines is 1. The molecule has 6 atom stereocenters. The number of alkyl halides is 3. The second-order valence-electron chi connectivity index (χ2n) is 5.17. The first kappa shape index (κ1) is 19.3. The van der Waals surface area contributed by atoms with Gasteiger partial charge in [0.2, 0.25) is 11.5 Å². The molecule has 24 heavy (non-hydrogen) atoms. The van der Waals surface area contributed by atoms with Gasteiger partial charge in [-0.25, -0.2) is 9.18 Å². The zero-order valence-corrected chi connectivity index (χ0v) is 13.8. The Balaban J connectivity index is 2.35. The number of H-pyrrole nitrogens is 1. The molecule has 2 rings (SSSR count). The van der Waals surface area contributed by atoms with E-state index in [1.54, 1.807) is 0 Å². The molecule has 9 nitrogen and oxygen atoms in total. The van der Waals surface area contributed by atoms with E-state index in [1.807, 2.05) is 4.98 Å². The number of halogens is 3. The maximum absolute atomic E-state index is 15.2. The fourth-order valence-corrected chi connectivity index (χ4v) is 2.65. The van der Waals surface area contributed by atoms with Gasteiger partial charge in [-0.2, -0.15) is 0 Å². The standard InChI is InChI=1S/C12H15Cl2FN2O7/c1-12(15)7(24-10(14)20)5(4-22-9(13)19)23-8(12)17-3-2-6(18)16-11(17)21/h2-3,5,7-10,19-20H,4H2,1H3,(H,16,18,21)/t5-,7-,8-,9?,10?,12-/m1/s1.